The first-order chi connectivity index (χ1) is 7.89. The fourth-order valence-corrected chi connectivity index (χ4v) is 3.42. The van der Waals surface area contributed by atoms with Crippen molar-refractivity contribution in [3.05, 3.63) is 20.3 Å². The predicted octanol–water partition coefficient (Wildman–Crippen LogP) is 2.88. The van der Waals surface area contributed by atoms with Gasteiger partial charge in [0.05, 0.1) is 9.90 Å². The van der Waals surface area contributed by atoms with Crippen LogP contribution < -0.4 is 5.32 Å². The molecule has 1 aromatic heterocycles. The Morgan fingerprint density at radius 2 is 2.24 bits per heavy atom. The molecule has 1 fully saturated rings. The molecule has 1 amide bonds. The molecule has 17 heavy (non-hydrogen) atoms. The number of amides is 1. The van der Waals surface area contributed by atoms with Crippen LogP contribution in [0.5, 0.6) is 0 Å². The second kappa shape index (κ2) is 4.76. The minimum absolute atomic E-state index is 0.0345. The number of piperazine rings is 1. The van der Waals surface area contributed by atoms with Crippen molar-refractivity contribution in [2.24, 2.45) is 0 Å². The molecule has 2 heterocycles. The van der Waals surface area contributed by atoms with Gasteiger partial charge in [-0.1, -0.05) is 23.2 Å². The molecule has 1 aliphatic heterocycles. The number of hydrogen-bond donors (Lipinski definition) is 1. The zero-order valence-electron chi connectivity index (χ0n) is 9.72. The van der Waals surface area contributed by atoms with E-state index in [9.17, 15) is 4.79 Å². The first-order valence-electron chi connectivity index (χ1n) is 5.38. The molecule has 0 atom stereocenters. The molecule has 6 heteroatoms. The first kappa shape index (κ1) is 13.1. The SMILES string of the molecule is CC1(C)CN(C(=O)c2cc(Cl)sc2Cl)CCN1. The molecule has 0 bridgehead atoms. The quantitative estimate of drug-likeness (QED) is 0.863. The Morgan fingerprint density at radius 1 is 1.53 bits per heavy atom. The highest BCUT2D eigenvalue weighted by Gasteiger charge is 2.30. The van der Waals surface area contributed by atoms with Crippen molar-refractivity contribution in [1.29, 1.82) is 0 Å². The smallest absolute Gasteiger partial charge is 0.256 e. The molecule has 1 aromatic rings. The van der Waals surface area contributed by atoms with E-state index in [2.05, 4.69) is 19.2 Å². The van der Waals surface area contributed by atoms with Crippen molar-refractivity contribution in [3.63, 3.8) is 0 Å². The maximum Gasteiger partial charge on any atom is 0.256 e. The summed E-state index contributed by atoms with van der Waals surface area (Å²) in [5.41, 5.74) is 0.458. The van der Waals surface area contributed by atoms with Gasteiger partial charge in [0.15, 0.2) is 0 Å². The number of hydrogen-bond acceptors (Lipinski definition) is 3. The van der Waals surface area contributed by atoms with Crippen LogP contribution in [-0.4, -0.2) is 36.0 Å². The molecular formula is C11H14Cl2N2OS. The molecular weight excluding hydrogens is 279 g/mol. The zero-order valence-corrected chi connectivity index (χ0v) is 12.0. The third-order valence-electron chi connectivity index (χ3n) is 2.75. The monoisotopic (exact) mass is 292 g/mol. The van der Waals surface area contributed by atoms with Gasteiger partial charge in [0, 0.05) is 25.2 Å². The minimum Gasteiger partial charge on any atom is -0.335 e. The van der Waals surface area contributed by atoms with E-state index in [4.69, 9.17) is 23.2 Å². The second-order valence-electron chi connectivity index (χ2n) is 4.78. The maximum atomic E-state index is 12.3. The van der Waals surface area contributed by atoms with Crippen molar-refractivity contribution in [3.8, 4) is 0 Å². The first-order valence-corrected chi connectivity index (χ1v) is 6.95. The third-order valence-corrected chi connectivity index (χ3v) is 4.23. The lowest BCUT2D eigenvalue weighted by atomic mass is 10.0. The number of carbonyl (C=O) groups excluding carboxylic acids is 1. The summed E-state index contributed by atoms with van der Waals surface area (Å²) in [6.07, 6.45) is 0. The fourth-order valence-electron chi connectivity index (χ4n) is 1.97. The van der Waals surface area contributed by atoms with Crippen LogP contribution in [0.2, 0.25) is 8.67 Å². The zero-order chi connectivity index (χ0) is 12.6. The Morgan fingerprint density at radius 3 is 2.76 bits per heavy atom. The molecule has 3 nitrogen and oxygen atoms in total. The number of halogens is 2. The van der Waals surface area contributed by atoms with E-state index in [0.717, 1.165) is 6.54 Å². The topological polar surface area (TPSA) is 32.3 Å². The molecule has 0 radical (unpaired) electrons. The van der Waals surface area contributed by atoms with Crippen molar-refractivity contribution < 1.29 is 4.79 Å². The highest BCUT2D eigenvalue weighted by atomic mass is 35.5. The number of nitrogens with one attached hydrogen (secondary N) is 1. The van der Waals surface area contributed by atoms with Gasteiger partial charge in [0.2, 0.25) is 0 Å². The van der Waals surface area contributed by atoms with Gasteiger partial charge in [-0.15, -0.1) is 11.3 Å². The van der Waals surface area contributed by atoms with Gasteiger partial charge in [-0.05, 0) is 19.9 Å². The summed E-state index contributed by atoms with van der Waals surface area (Å²) >= 11 is 13.1. The van der Waals surface area contributed by atoms with E-state index in [1.807, 2.05) is 4.90 Å². The summed E-state index contributed by atoms with van der Waals surface area (Å²) in [6.45, 7) is 6.33. The molecule has 0 aromatic carbocycles. The molecule has 0 saturated carbocycles. The molecule has 0 spiro atoms. The van der Waals surface area contributed by atoms with Gasteiger partial charge < -0.3 is 10.2 Å². The van der Waals surface area contributed by atoms with E-state index < -0.39 is 0 Å². The number of nitrogens with zero attached hydrogens (tertiary/aromatic N) is 1. The Labute approximate surface area is 115 Å². The van der Waals surface area contributed by atoms with E-state index in [1.165, 1.54) is 11.3 Å². The van der Waals surface area contributed by atoms with Crippen LogP contribution in [0.4, 0.5) is 0 Å². The lowest BCUT2D eigenvalue weighted by Crippen LogP contribution is -2.58. The Balaban J connectivity index is 2.18. The maximum absolute atomic E-state index is 12.3. The van der Waals surface area contributed by atoms with Gasteiger partial charge >= 0.3 is 0 Å². The van der Waals surface area contributed by atoms with Crippen LogP contribution in [0.15, 0.2) is 6.07 Å². The van der Waals surface area contributed by atoms with Gasteiger partial charge in [-0.3, -0.25) is 4.79 Å². The van der Waals surface area contributed by atoms with Crippen LogP contribution in [-0.2, 0) is 0 Å². The Hall–Kier alpha value is -0.290. The fraction of sp³-hybridized carbons (Fsp3) is 0.545. The Bertz CT molecular complexity index is 445. The van der Waals surface area contributed by atoms with Gasteiger partial charge in [-0.25, -0.2) is 0 Å². The average Bonchev–Trinajstić information content (AvgIpc) is 2.55. The third kappa shape index (κ3) is 2.94. The summed E-state index contributed by atoms with van der Waals surface area (Å²) in [5, 5.41) is 3.36. The summed E-state index contributed by atoms with van der Waals surface area (Å²) in [7, 11) is 0. The normalized spacial score (nSPS) is 19.4. The standard InChI is InChI=1S/C11H14Cl2N2OS/c1-11(2)6-15(4-3-14-11)10(16)7-5-8(12)17-9(7)13/h5,14H,3-4,6H2,1-2H3. The average molecular weight is 293 g/mol. The molecule has 0 aliphatic carbocycles. The number of rotatable bonds is 1. The number of carbonyl (C=O) groups is 1. The summed E-state index contributed by atoms with van der Waals surface area (Å²) < 4.78 is 1.02. The van der Waals surface area contributed by atoms with E-state index in [1.54, 1.807) is 6.07 Å². The van der Waals surface area contributed by atoms with Crippen LogP contribution in [0, 0.1) is 0 Å². The minimum atomic E-state index is -0.0554. The summed E-state index contributed by atoms with van der Waals surface area (Å²) in [4.78, 5) is 14.1. The predicted molar refractivity (Wildman–Crippen MR) is 72.3 cm³/mol. The molecule has 94 valence electrons. The van der Waals surface area contributed by atoms with Crippen molar-refractivity contribution in [2.45, 2.75) is 19.4 Å². The lowest BCUT2D eigenvalue weighted by molar-refractivity contribution is 0.0653. The molecule has 2 rings (SSSR count). The lowest BCUT2D eigenvalue weighted by Gasteiger charge is -2.39. The van der Waals surface area contributed by atoms with Crippen LogP contribution in [0.1, 0.15) is 24.2 Å². The van der Waals surface area contributed by atoms with Crippen LogP contribution in [0.25, 0.3) is 0 Å². The van der Waals surface area contributed by atoms with Crippen molar-refractivity contribution in [2.75, 3.05) is 19.6 Å². The van der Waals surface area contributed by atoms with Gasteiger partial charge in [0.1, 0.15) is 4.34 Å². The highest BCUT2D eigenvalue weighted by Crippen LogP contribution is 2.32. The largest absolute Gasteiger partial charge is 0.335 e. The van der Waals surface area contributed by atoms with E-state index >= 15 is 0 Å². The Kier molecular flexibility index (Phi) is 3.69. The molecule has 1 saturated heterocycles. The van der Waals surface area contributed by atoms with Crippen LogP contribution >= 0.6 is 34.5 Å². The summed E-state index contributed by atoms with van der Waals surface area (Å²) in [5.74, 6) is -0.0345. The second-order valence-corrected chi connectivity index (χ2v) is 7.06. The van der Waals surface area contributed by atoms with E-state index in [0.29, 0.717) is 27.3 Å². The van der Waals surface area contributed by atoms with Crippen molar-refractivity contribution in [1.82, 2.24) is 10.2 Å². The van der Waals surface area contributed by atoms with Crippen molar-refractivity contribution >= 4 is 40.4 Å². The van der Waals surface area contributed by atoms with E-state index in [-0.39, 0.29) is 11.4 Å². The highest BCUT2D eigenvalue weighted by molar-refractivity contribution is 7.20. The molecule has 1 aliphatic rings. The van der Waals surface area contributed by atoms with Crippen LogP contribution in [0.3, 0.4) is 0 Å². The van der Waals surface area contributed by atoms with Gasteiger partial charge in [-0.2, -0.15) is 0 Å². The molecule has 0 unspecified atom stereocenters. The molecule has 1 N–H and O–H groups in total. The summed E-state index contributed by atoms with van der Waals surface area (Å²) in [6, 6.07) is 1.64. The van der Waals surface area contributed by atoms with Gasteiger partial charge in [0.25, 0.3) is 5.91 Å². The number of thiophene rings is 1.